The summed E-state index contributed by atoms with van der Waals surface area (Å²) in [7, 11) is 0. The van der Waals surface area contributed by atoms with Crippen molar-refractivity contribution in [1.29, 1.82) is 0 Å². The third-order valence-corrected chi connectivity index (χ3v) is 4.66. The lowest BCUT2D eigenvalue weighted by Gasteiger charge is -2.04. The molecule has 2 aromatic rings. The van der Waals surface area contributed by atoms with Gasteiger partial charge in [0.2, 0.25) is 5.91 Å². The van der Waals surface area contributed by atoms with Gasteiger partial charge in [-0.25, -0.2) is 0 Å². The summed E-state index contributed by atoms with van der Waals surface area (Å²) in [4.78, 5) is 25.8. The zero-order valence-electron chi connectivity index (χ0n) is 13.5. The molecule has 2 aromatic heterocycles. The first kappa shape index (κ1) is 17.3. The first-order chi connectivity index (χ1) is 11.1. The van der Waals surface area contributed by atoms with Crippen molar-refractivity contribution in [2.75, 3.05) is 6.54 Å². The van der Waals surface area contributed by atoms with Gasteiger partial charge in [0, 0.05) is 4.88 Å². The van der Waals surface area contributed by atoms with Crippen LogP contribution in [0.3, 0.4) is 0 Å². The number of hydrogen-bond donors (Lipinski definition) is 2. The van der Waals surface area contributed by atoms with Gasteiger partial charge >= 0.3 is 0 Å². The second-order valence-electron chi connectivity index (χ2n) is 5.20. The lowest BCUT2D eigenvalue weighted by Crippen LogP contribution is -2.36. The predicted octanol–water partition coefficient (Wildman–Crippen LogP) is 2.90. The van der Waals surface area contributed by atoms with Gasteiger partial charge in [-0.1, -0.05) is 20.3 Å². The molecular formula is C17H22N2O3S. The molecule has 0 fully saturated rings. The third-order valence-electron chi connectivity index (χ3n) is 3.43. The van der Waals surface area contributed by atoms with E-state index < -0.39 is 0 Å². The molecule has 0 radical (unpaired) electrons. The zero-order chi connectivity index (χ0) is 16.7. The SMILES string of the molecule is CCCc1sc(C(=O)NCC(=O)NCc2ccco2)cc1CC. The Balaban J connectivity index is 1.83. The predicted molar refractivity (Wildman–Crippen MR) is 90.6 cm³/mol. The smallest absolute Gasteiger partial charge is 0.261 e. The number of thiophene rings is 1. The van der Waals surface area contributed by atoms with E-state index in [4.69, 9.17) is 4.42 Å². The van der Waals surface area contributed by atoms with E-state index in [0.717, 1.165) is 19.3 Å². The van der Waals surface area contributed by atoms with Crippen molar-refractivity contribution in [3.05, 3.63) is 45.5 Å². The van der Waals surface area contributed by atoms with Crippen molar-refractivity contribution >= 4 is 23.2 Å². The Hall–Kier alpha value is -2.08. The van der Waals surface area contributed by atoms with E-state index in [1.54, 1.807) is 18.4 Å². The summed E-state index contributed by atoms with van der Waals surface area (Å²) in [6.45, 7) is 4.50. The lowest BCUT2D eigenvalue weighted by molar-refractivity contribution is -0.120. The minimum Gasteiger partial charge on any atom is -0.467 e. The number of carbonyl (C=O) groups excluding carboxylic acids is 2. The molecule has 0 aliphatic heterocycles. The second kappa shape index (κ2) is 8.53. The van der Waals surface area contributed by atoms with Crippen LogP contribution in [0, 0.1) is 0 Å². The highest BCUT2D eigenvalue weighted by atomic mass is 32.1. The van der Waals surface area contributed by atoms with E-state index in [1.807, 2.05) is 6.07 Å². The molecule has 2 heterocycles. The number of hydrogen-bond acceptors (Lipinski definition) is 4. The number of furan rings is 1. The van der Waals surface area contributed by atoms with Crippen molar-refractivity contribution in [3.8, 4) is 0 Å². The molecule has 124 valence electrons. The number of rotatable bonds is 8. The molecule has 2 rings (SSSR count). The molecule has 0 unspecified atom stereocenters. The van der Waals surface area contributed by atoms with Gasteiger partial charge in [0.25, 0.3) is 5.91 Å². The lowest BCUT2D eigenvalue weighted by atomic mass is 10.1. The monoisotopic (exact) mass is 334 g/mol. The Kier molecular flexibility index (Phi) is 6.40. The number of amides is 2. The molecule has 6 heteroatoms. The summed E-state index contributed by atoms with van der Waals surface area (Å²) in [5, 5.41) is 5.36. The van der Waals surface area contributed by atoms with Crippen LogP contribution in [0.4, 0.5) is 0 Å². The minimum absolute atomic E-state index is 0.0397. The van der Waals surface area contributed by atoms with Crippen LogP contribution in [-0.2, 0) is 24.2 Å². The Morgan fingerprint density at radius 1 is 1.26 bits per heavy atom. The molecule has 0 saturated heterocycles. The molecule has 23 heavy (non-hydrogen) atoms. The van der Waals surface area contributed by atoms with E-state index in [1.165, 1.54) is 21.8 Å². The van der Waals surface area contributed by atoms with Crippen molar-refractivity contribution in [2.24, 2.45) is 0 Å². The van der Waals surface area contributed by atoms with Crippen molar-refractivity contribution in [3.63, 3.8) is 0 Å². The van der Waals surface area contributed by atoms with Crippen LogP contribution < -0.4 is 10.6 Å². The van der Waals surface area contributed by atoms with Crippen LogP contribution in [0.15, 0.2) is 28.9 Å². The van der Waals surface area contributed by atoms with Gasteiger partial charge in [0.05, 0.1) is 24.2 Å². The van der Waals surface area contributed by atoms with Crippen LogP contribution >= 0.6 is 11.3 Å². The largest absolute Gasteiger partial charge is 0.467 e. The maximum atomic E-state index is 12.2. The van der Waals surface area contributed by atoms with Crippen LogP contribution in [0.2, 0.25) is 0 Å². The maximum Gasteiger partial charge on any atom is 0.261 e. The standard InChI is InChI=1S/C17H22N2O3S/c1-3-6-14-12(4-2)9-15(23-14)17(21)19-11-16(20)18-10-13-7-5-8-22-13/h5,7-9H,3-4,6,10-11H2,1-2H3,(H,18,20)(H,19,21). The molecule has 0 aromatic carbocycles. The summed E-state index contributed by atoms with van der Waals surface area (Å²) in [6, 6.07) is 5.48. The summed E-state index contributed by atoms with van der Waals surface area (Å²) in [5.74, 6) is 0.246. The van der Waals surface area contributed by atoms with Gasteiger partial charge in [-0.2, -0.15) is 0 Å². The van der Waals surface area contributed by atoms with E-state index >= 15 is 0 Å². The highest BCUT2D eigenvalue weighted by molar-refractivity contribution is 7.14. The maximum absolute atomic E-state index is 12.2. The third kappa shape index (κ3) is 4.96. The quantitative estimate of drug-likeness (QED) is 0.780. The van der Waals surface area contributed by atoms with Crippen molar-refractivity contribution in [1.82, 2.24) is 10.6 Å². The van der Waals surface area contributed by atoms with Gasteiger partial charge < -0.3 is 15.1 Å². The highest BCUT2D eigenvalue weighted by Gasteiger charge is 2.14. The highest BCUT2D eigenvalue weighted by Crippen LogP contribution is 2.24. The van der Waals surface area contributed by atoms with Crippen LogP contribution in [-0.4, -0.2) is 18.4 Å². The average Bonchev–Trinajstić information content (AvgIpc) is 3.20. The van der Waals surface area contributed by atoms with Crippen LogP contribution in [0.25, 0.3) is 0 Å². The second-order valence-corrected chi connectivity index (χ2v) is 6.34. The van der Waals surface area contributed by atoms with Gasteiger partial charge in [0.15, 0.2) is 0 Å². The number of nitrogens with one attached hydrogen (secondary N) is 2. The fourth-order valence-electron chi connectivity index (χ4n) is 2.23. The fourth-order valence-corrected chi connectivity index (χ4v) is 3.50. The molecule has 0 saturated carbocycles. The van der Waals surface area contributed by atoms with Gasteiger partial charge in [-0.15, -0.1) is 11.3 Å². The van der Waals surface area contributed by atoms with E-state index in [-0.39, 0.29) is 18.4 Å². The Bertz CT molecular complexity index is 647. The summed E-state index contributed by atoms with van der Waals surface area (Å²) in [5.41, 5.74) is 1.23. The molecule has 0 atom stereocenters. The molecule has 0 spiro atoms. The van der Waals surface area contributed by atoms with Crippen LogP contribution in [0.5, 0.6) is 0 Å². The average molecular weight is 334 g/mol. The molecule has 2 N–H and O–H groups in total. The Labute approximate surface area is 140 Å². The summed E-state index contributed by atoms with van der Waals surface area (Å²) >= 11 is 1.52. The molecule has 0 aliphatic carbocycles. The normalized spacial score (nSPS) is 10.5. The van der Waals surface area contributed by atoms with Crippen molar-refractivity contribution in [2.45, 2.75) is 39.7 Å². The zero-order valence-corrected chi connectivity index (χ0v) is 14.3. The Morgan fingerprint density at radius 3 is 2.74 bits per heavy atom. The molecule has 2 amide bonds. The topological polar surface area (TPSA) is 71.3 Å². The molecule has 0 bridgehead atoms. The Morgan fingerprint density at radius 2 is 2.09 bits per heavy atom. The van der Waals surface area contributed by atoms with E-state index in [0.29, 0.717) is 17.2 Å². The van der Waals surface area contributed by atoms with Gasteiger partial charge in [-0.3, -0.25) is 9.59 Å². The fraction of sp³-hybridized carbons (Fsp3) is 0.412. The van der Waals surface area contributed by atoms with Gasteiger partial charge in [0.1, 0.15) is 5.76 Å². The number of carbonyl (C=O) groups is 2. The number of aryl methyl sites for hydroxylation is 2. The summed E-state index contributed by atoms with van der Waals surface area (Å²) < 4.78 is 5.13. The first-order valence-electron chi connectivity index (χ1n) is 7.82. The van der Waals surface area contributed by atoms with Crippen LogP contribution in [0.1, 0.15) is 46.1 Å². The first-order valence-corrected chi connectivity index (χ1v) is 8.64. The minimum atomic E-state index is -0.240. The van der Waals surface area contributed by atoms with E-state index in [2.05, 4.69) is 24.5 Å². The molecule has 0 aliphatic rings. The van der Waals surface area contributed by atoms with Crippen molar-refractivity contribution < 1.29 is 14.0 Å². The summed E-state index contributed by atoms with van der Waals surface area (Å²) in [6.07, 6.45) is 4.52. The molecular weight excluding hydrogens is 312 g/mol. The molecule has 5 nitrogen and oxygen atoms in total. The van der Waals surface area contributed by atoms with E-state index in [9.17, 15) is 9.59 Å². The van der Waals surface area contributed by atoms with Gasteiger partial charge in [-0.05, 0) is 36.6 Å².